The fourth-order valence-electron chi connectivity index (χ4n) is 1.69. The zero-order valence-corrected chi connectivity index (χ0v) is 11.6. The van der Waals surface area contributed by atoms with Crippen LogP contribution in [0.4, 0.5) is 8.78 Å². The van der Waals surface area contributed by atoms with Gasteiger partial charge in [-0.1, -0.05) is 19.9 Å². The largest absolute Gasteiger partial charge is 0.467 e. The average Bonchev–Trinajstić information content (AvgIpc) is 2.38. The first kappa shape index (κ1) is 16.1. The van der Waals surface area contributed by atoms with Crippen LogP contribution in [-0.2, 0) is 20.7 Å². The van der Waals surface area contributed by atoms with E-state index in [2.05, 4.69) is 10.1 Å². The third-order valence-corrected chi connectivity index (χ3v) is 2.80. The van der Waals surface area contributed by atoms with Crippen LogP contribution in [0.1, 0.15) is 19.4 Å². The van der Waals surface area contributed by atoms with E-state index in [1.165, 1.54) is 13.2 Å². The maximum Gasteiger partial charge on any atom is 0.328 e. The van der Waals surface area contributed by atoms with Crippen molar-refractivity contribution in [2.75, 3.05) is 7.11 Å². The molecule has 1 N–H and O–H groups in total. The van der Waals surface area contributed by atoms with Gasteiger partial charge in [0.15, 0.2) is 0 Å². The summed E-state index contributed by atoms with van der Waals surface area (Å²) < 4.78 is 30.8. The van der Waals surface area contributed by atoms with Crippen LogP contribution >= 0.6 is 0 Å². The molecule has 1 aromatic carbocycles. The second-order valence-corrected chi connectivity index (χ2v) is 4.72. The topological polar surface area (TPSA) is 55.4 Å². The number of carbonyl (C=O) groups is 2. The molecule has 1 rings (SSSR count). The zero-order chi connectivity index (χ0) is 15.3. The summed E-state index contributed by atoms with van der Waals surface area (Å²) in [6, 6.07) is 2.19. The van der Waals surface area contributed by atoms with E-state index in [1.54, 1.807) is 13.8 Å². The first-order valence-corrected chi connectivity index (χ1v) is 6.16. The molecule has 1 atom stereocenters. The number of hydrogen-bond donors (Lipinski definition) is 1. The molecular weight excluding hydrogens is 268 g/mol. The van der Waals surface area contributed by atoms with Crippen molar-refractivity contribution in [1.82, 2.24) is 5.32 Å². The number of amides is 1. The van der Waals surface area contributed by atoms with Crippen LogP contribution in [-0.4, -0.2) is 25.0 Å². The molecular formula is C14H17F2NO3. The molecule has 0 unspecified atom stereocenters. The molecule has 1 aromatic rings. The molecule has 0 aliphatic carbocycles. The molecule has 20 heavy (non-hydrogen) atoms. The molecule has 0 saturated heterocycles. The molecule has 110 valence electrons. The predicted octanol–water partition coefficient (Wildman–Crippen LogP) is 1.82. The summed E-state index contributed by atoms with van der Waals surface area (Å²) in [5.41, 5.74) is 0.0660. The number of carbonyl (C=O) groups excluding carboxylic acids is 2. The van der Waals surface area contributed by atoms with Gasteiger partial charge in [-0.3, -0.25) is 4.79 Å². The summed E-state index contributed by atoms with van der Waals surface area (Å²) in [7, 11) is 1.23. The summed E-state index contributed by atoms with van der Waals surface area (Å²) in [5.74, 6) is -2.75. The Kier molecular flexibility index (Phi) is 5.61. The third-order valence-electron chi connectivity index (χ3n) is 2.80. The number of halogens is 2. The van der Waals surface area contributed by atoms with Gasteiger partial charge in [0.1, 0.15) is 17.7 Å². The standard InChI is InChI=1S/C14H17F2NO3/c1-8(2)13(14(19)20-3)17-12(18)6-9-4-5-10(15)7-11(9)16/h4-5,7-8,13H,6H2,1-3H3,(H,17,18)/t13-/m1/s1. The number of benzene rings is 1. The highest BCUT2D eigenvalue weighted by atomic mass is 19.1. The molecule has 0 spiro atoms. The van der Waals surface area contributed by atoms with E-state index in [0.717, 1.165) is 6.07 Å². The van der Waals surface area contributed by atoms with Crippen LogP contribution in [0.25, 0.3) is 0 Å². The molecule has 0 aromatic heterocycles. The van der Waals surface area contributed by atoms with Crippen molar-refractivity contribution in [2.45, 2.75) is 26.3 Å². The van der Waals surface area contributed by atoms with Gasteiger partial charge >= 0.3 is 5.97 Å². The van der Waals surface area contributed by atoms with Crippen molar-refractivity contribution in [1.29, 1.82) is 0 Å². The molecule has 0 aliphatic heterocycles. The van der Waals surface area contributed by atoms with Gasteiger partial charge in [-0.15, -0.1) is 0 Å². The van der Waals surface area contributed by atoms with E-state index in [9.17, 15) is 18.4 Å². The monoisotopic (exact) mass is 285 g/mol. The van der Waals surface area contributed by atoms with Gasteiger partial charge in [-0.2, -0.15) is 0 Å². The minimum absolute atomic E-state index is 0.0660. The van der Waals surface area contributed by atoms with Crippen molar-refractivity contribution in [3.05, 3.63) is 35.4 Å². The van der Waals surface area contributed by atoms with Crippen LogP contribution in [0.2, 0.25) is 0 Å². The van der Waals surface area contributed by atoms with Gasteiger partial charge in [0.2, 0.25) is 5.91 Å². The summed E-state index contributed by atoms with van der Waals surface area (Å²) in [6.45, 7) is 3.50. The van der Waals surface area contributed by atoms with Crippen molar-refractivity contribution in [2.24, 2.45) is 5.92 Å². The van der Waals surface area contributed by atoms with E-state index >= 15 is 0 Å². The Morgan fingerprint density at radius 1 is 1.30 bits per heavy atom. The Labute approximate surface area is 116 Å². The Morgan fingerprint density at radius 3 is 2.45 bits per heavy atom. The molecule has 1 amide bonds. The van der Waals surface area contributed by atoms with Crippen LogP contribution < -0.4 is 5.32 Å². The second kappa shape index (κ2) is 6.98. The lowest BCUT2D eigenvalue weighted by Gasteiger charge is -2.19. The van der Waals surface area contributed by atoms with Gasteiger partial charge in [0.25, 0.3) is 0 Å². The SMILES string of the molecule is COC(=O)[C@H](NC(=O)Cc1ccc(F)cc1F)C(C)C. The van der Waals surface area contributed by atoms with Gasteiger partial charge in [-0.05, 0) is 17.5 Å². The van der Waals surface area contributed by atoms with Crippen LogP contribution in [0, 0.1) is 17.6 Å². The number of hydrogen-bond acceptors (Lipinski definition) is 3. The maximum absolute atomic E-state index is 13.4. The summed E-state index contributed by atoms with van der Waals surface area (Å²) in [6.07, 6.45) is -0.272. The Bertz CT molecular complexity index is 503. The smallest absolute Gasteiger partial charge is 0.328 e. The zero-order valence-electron chi connectivity index (χ0n) is 11.6. The van der Waals surface area contributed by atoms with Crippen molar-refractivity contribution >= 4 is 11.9 Å². The first-order chi connectivity index (χ1) is 9.35. The molecule has 6 heteroatoms. The third kappa shape index (κ3) is 4.29. The summed E-state index contributed by atoms with van der Waals surface area (Å²) in [4.78, 5) is 23.3. The minimum atomic E-state index is -0.795. The van der Waals surface area contributed by atoms with E-state index in [4.69, 9.17) is 0 Å². The van der Waals surface area contributed by atoms with Gasteiger partial charge in [-0.25, -0.2) is 13.6 Å². The van der Waals surface area contributed by atoms with Gasteiger partial charge in [0.05, 0.1) is 13.5 Å². The molecule has 0 fully saturated rings. The Hall–Kier alpha value is -1.98. The number of methoxy groups -OCH3 is 1. The first-order valence-electron chi connectivity index (χ1n) is 6.16. The van der Waals surface area contributed by atoms with Crippen LogP contribution in [0.3, 0.4) is 0 Å². The van der Waals surface area contributed by atoms with Gasteiger partial charge < -0.3 is 10.1 Å². The van der Waals surface area contributed by atoms with Crippen molar-refractivity contribution in [3.8, 4) is 0 Å². The normalized spacial score (nSPS) is 12.1. The average molecular weight is 285 g/mol. The molecule has 0 saturated carbocycles. The van der Waals surface area contributed by atoms with E-state index < -0.39 is 29.6 Å². The molecule has 0 aliphatic rings. The lowest BCUT2D eigenvalue weighted by Crippen LogP contribution is -2.45. The predicted molar refractivity (Wildman–Crippen MR) is 68.8 cm³/mol. The van der Waals surface area contributed by atoms with Crippen LogP contribution in [0.5, 0.6) is 0 Å². The second-order valence-electron chi connectivity index (χ2n) is 4.72. The van der Waals surface area contributed by atoms with Crippen LogP contribution in [0.15, 0.2) is 18.2 Å². The highest BCUT2D eigenvalue weighted by molar-refractivity contribution is 5.85. The molecule has 0 heterocycles. The minimum Gasteiger partial charge on any atom is -0.467 e. The highest BCUT2D eigenvalue weighted by Crippen LogP contribution is 2.11. The van der Waals surface area contributed by atoms with Crippen molar-refractivity contribution in [3.63, 3.8) is 0 Å². The van der Waals surface area contributed by atoms with Gasteiger partial charge in [0, 0.05) is 6.07 Å². The lowest BCUT2D eigenvalue weighted by atomic mass is 10.0. The fraction of sp³-hybridized carbons (Fsp3) is 0.429. The van der Waals surface area contributed by atoms with E-state index in [-0.39, 0.29) is 17.9 Å². The highest BCUT2D eigenvalue weighted by Gasteiger charge is 2.25. The number of nitrogens with one attached hydrogen (secondary N) is 1. The molecule has 4 nitrogen and oxygen atoms in total. The number of ether oxygens (including phenoxy) is 1. The van der Waals surface area contributed by atoms with E-state index in [0.29, 0.717) is 6.07 Å². The molecule has 0 radical (unpaired) electrons. The van der Waals surface area contributed by atoms with E-state index in [1.807, 2.05) is 0 Å². The lowest BCUT2D eigenvalue weighted by molar-refractivity contribution is -0.146. The summed E-state index contributed by atoms with van der Waals surface area (Å²) in [5, 5.41) is 2.48. The van der Waals surface area contributed by atoms with Crippen molar-refractivity contribution < 1.29 is 23.1 Å². The molecule has 0 bridgehead atoms. The Balaban J connectivity index is 2.73. The quantitative estimate of drug-likeness (QED) is 0.840. The summed E-state index contributed by atoms with van der Waals surface area (Å²) >= 11 is 0. The number of rotatable bonds is 5. The fourth-order valence-corrected chi connectivity index (χ4v) is 1.69. The number of esters is 1. The maximum atomic E-state index is 13.4. The Morgan fingerprint density at radius 2 is 1.95 bits per heavy atom.